The van der Waals surface area contributed by atoms with E-state index in [4.69, 9.17) is 4.55 Å². The van der Waals surface area contributed by atoms with Crippen LogP contribution in [0, 0.1) is 0 Å². The largest absolute Gasteiger partial charge is 0.504 e. The molecule has 0 unspecified atom stereocenters. The Balaban J connectivity index is 2.83. The van der Waals surface area contributed by atoms with E-state index in [2.05, 4.69) is 9.50 Å². The third-order valence-corrected chi connectivity index (χ3v) is 2.27. The summed E-state index contributed by atoms with van der Waals surface area (Å²) in [7, 11) is -2.80. The molecule has 16 heavy (non-hydrogen) atoms. The topological polar surface area (TPSA) is 95.9 Å². The molecule has 0 saturated heterocycles. The number of hydrogen-bond acceptors (Lipinski definition) is 5. The number of rotatable bonds is 5. The maximum absolute atomic E-state index is 10.4. The van der Waals surface area contributed by atoms with E-state index in [-0.39, 0.29) is 11.5 Å². The molecule has 6 nitrogen and oxygen atoms in total. The zero-order valence-corrected chi connectivity index (χ0v) is 9.49. The van der Waals surface area contributed by atoms with Gasteiger partial charge in [-0.25, -0.2) is 0 Å². The average molecular weight is 247 g/mol. The second kappa shape index (κ2) is 5.15. The lowest BCUT2D eigenvalue weighted by Gasteiger charge is -2.06. The van der Waals surface area contributed by atoms with Crippen LogP contribution in [0.3, 0.4) is 0 Å². The minimum absolute atomic E-state index is 0.296. The van der Waals surface area contributed by atoms with Gasteiger partial charge in [-0.05, 0) is 37.7 Å². The third-order valence-electron chi connectivity index (χ3n) is 1.88. The average Bonchev–Trinajstić information content (AvgIpc) is 2.17. The van der Waals surface area contributed by atoms with E-state index in [1.165, 1.54) is 12.1 Å². The molecule has 0 aliphatic heterocycles. The maximum Gasteiger partial charge on any atom is 0.446 e. The fourth-order valence-corrected chi connectivity index (χ4v) is 1.54. The molecule has 1 rings (SSSR count). The van der Waals surface area contributed by atoms with Crippen LogP contribution in [0.5, 0.6) is 11.5 Å². The second-order valence-corrected chi connectivity index (χ2v) is 4.19. The molecule has 0 bridgehead atoms. The summed E-state index contributed by atoms with van der Waals surface area (Å²) in [5.74, 6) is -0.623. The van der Waals surface area contributed by atoms with Gasteiger partial charge in [0.05, 0.1) is 0 Å². The molecule has 0 saturated carbocycles. The Labute approximate surface area is 93.8 Å². The van der Waals surface area contributed by atoms with Crippen LogP contribution in [0.25, 0.3) is 0 Å². The van der Waals surface area contributed by atoms with Crippen LogP contribution >= 0.6 is 0 Å². The summed E-state index contributed by atoms with van der Waals surface area (Å²) in [5, 5.41) is 12.4. The number of phenols is 1. The molecule has 0 heterocycles. The highest BCUT2D eigenvalue weighted by Gasteiger charge is 2.11. The molecule has 1 aromatic rings. The van der Waals surface area contributed by atoms with Crippen LogP contribution in [0.15, 0.2) is 18.2 Å². The lowest BCUT2D eigenvalue weighted by Crippen LogP contribution is -2.10. The van der Waals surface area contributed by atoms with Crippen LogP contribution in [0.2, 0.25) is 0 Å². The number of aromatic hydroxyl groups is 1. The molecule has 0 aromatic heterocycles. The molecule has 1 aromatic carbocycles. The second-order valence-electron chi connectivity index (χ2n) is 3.17. The molecular weight excluding hydrogens is 234 g/mol. The van der Waals surface area contributed by atoms with Crippen molar-refractivity contribution >= 4 is 10.4 Å². The summed E-state index contributed by atoms with van der Waals surface area (Å²) >= 11 is 0. The number of nitrogens with one attached hydrogen (secondary N) is 1. The summed E-state index contributed by atoms with van der Waals surface area (Å²) in [5.41, 5.74) is 0.828. The predicted octanol–water partition coefficient (Wildman–Crippen LogP) is 0.336. The van der Waals surface area contributed by atoms with Crippen LogP contribution in [-0.4, -0.2) is 31.7 Å². The third kappa shape index (κ3) is 4.05. The number of likely N-dealkylation sites (N-methyl/N-ethyl adjacent to an activating group) is 1. The van der Waals surface area contributed by atoms with Gasteiger partial charge in [-0.1, -0.05) is 6.07 Å². The van der Waals surface area contributed by atoms with Gasteiger partial charge in [0, 0.05) is 0 Å². The normalized spacial score (nSPS) is 11.4. The van der Waals surface area contributed by atoms with Crippen LogP contribution in [0.1, 0.15) is 5.56 Å². The first-order valence-corrected chi connectivity index (χ1v) is 5.92. The van der Waals surface area contributed by atoms with Crippen molar-refractivity contribution in [3.8, 4) is 11.5 Å². The highest BCUT2D eigenvalue weighted by Crippen LogP contribution is 2.27. The van der Waals surface area contributed by atoms with Crippen LogP contribution in [-0.2, 0) is 16.8 Å². The molecule has 0 atom stereocenters. The van der Waals surface area contributed by atoms with Crippen molar-refractivity contribution in [2.45, 2.75) is 6.42 Å². The number of benzene rings is 1. The van der Waals surface area contributed by atoms with Gasteiger partial charge in [0.25, 0.3) is 0 Å². The van der Waals surface area contributed by atoms with Gasteiger partial charge >= 0.3 is 10.4 Å². The Kier molecular flexibility index (Phi) is 4.11. The predicted molar refractivity (Wildman–Crippen MR) is 57.9 cm³/mol. The molecule has 0 aliphatic carbocycles. The van der Waals surface area contributed by atoms with E-state index in [1.807, 2.05) is 0 Å². The first-order chi connectivity index (χ1) is 7.42. The molecule has 0 radical (unpaired) electrons. The van der Waals surface area contributed by atoms with Gasteiger partial charge < -0.3 is 14.6 Å². The van der Waals surface area contributed by atoms with E-state index in [1.54, 1.807) is 13.1 Å². The molecule has 7 heteroatoms. The summed E-state index contributed by atoms with van der Waals surface area (Å²) in [6.07, 6.45) is 0.691. The summed E-state index contributed by atoms with van der Waals surface area (Å²) < 4.78 is 33.4. The van der Waals surface area contributed by atoms with Gasteiger partial charge in [-0.3, -0.25) is 4.55 Å². The monoisotopic (exact) mass is 247 g/mol. The summed E-state index contributed by atoms with van der Waals surface area (Å²) in [4.78, 5) is 0. The Morgan fingerprint density at radius 3 is 2.62 bits per heavy atom. The van der Waals surface area contributed by atoms with Crippen LogP contribution < -0.4 is 9.50 Å². The first-order valence-electron chi connectivity index (χ1n) is 4.56. The molecule has 0 aliphatic rings. The van der Waals surface area contributed by atoms with Crippen molar-refractivity contribution in [1.82, 2.24) is 5.32 Å². The fourth-order valence-electron chi connectivity index (χ4n) is 1.17. The highest BCUT2D eigenvalue weighted by atomic mass is 32.3. The Morgan fingerprint density at radius 1 is 1.44 bits per heavy atom. The van der Waals surface area contributed by atoms with Crippen molar-refractivity contribution in [2.75, 3.05) is 13.6 Å². The lowest BCUT2D eigenvalue weighted by atomic mass is 10.1. The SMILES string of the molecule is CNCCc1ccc(OS(=O)(=O)O)c(O)c1. The molecule has 90 valence electrons. The number of phenolic OH excluding ortho intramolecular Hbond substituents is 1. The van der Waals surface area contributed by atoms with Crippen LogP contribution in [0.4, 0.5) is 0 Å². The number of hydrogen-bond donors (Lipinski definition) is 3. The van der Waals surface area contributed by atoms with Crippen molar-refractivity contribution in [1.29, 1.82) is 0 Å². The van der Waals surface area contributed by atoms with Gasteiger partial charge in [-0.15, -0.1) is 0 Å². The van der Waals surface area contributed by atoms with Gasteiger partial charge in [0.2, 0.25) is 0 Å². The van der Waals surface area contributed by atoms with E-state index >= 15 is 0 Å². The first kappa shape index (κ1) is 12.8. The van der Waals surface area contributed by atoms with Gasteiger partial charge in [0.15, 0.2) is 11.5 Å². The molecular formula is C9H13NO5S. The van der Waals surface area contributed by atoms with Crippen molar-refractivity contribution in [3.05, 3.63) is 23.8 Å². The molecule has 3 N–H and O–H groups in total. The van der Waals surface area contributed by atoms with Gasteiger partial charge in [-0.2, -0.15) is 8.42 Å². The van der Waals surface area contributed by atoms with E-state index in [9.17, 15) is 13.5 Å². The van der Waals surface area contributed by atoms with Gasteiger partial charge in [0.1, 0.15) is 0 Å². The van der Waals surface area contributed by atoms with Crippen molar-refractivity contribution in [3.63, 3.8) is 0 Å². The summed E-state index contributed by atoms with van der Waals surface area (Å²) in [6, 6.07) is 4.28. The van der Waals surface area contributed by atoms with Crippen molar-refractivity contribution < 1.29 is 22.3 Å². The molecule has 0 spiro atoms. The smallest absolute Gasteiger partial charge is 0.446 e. The lowest BCUT2D eigenvalue weighted by molar-refractivity contribution is 0.371. The van der Waals surface area contributed by atoms with E-state index in [0.29, 0.717) is 6.42 Å². The van der Waals surface area contributed by atoms with Crippen molar-refractivity contribution in [2.24, 2.45) is 0 Å². The Morgan fingerprint density at radius 2 is 2.12 bits per heavy atom. The Hall–Kier alpha value is -1.31. The standard InChI is InChI=1S/C9H13NO5S/c1-10-5-4-7-2-3-9(8(11)6-7)15-16(12,13)14/h2-3,6,10-11H,4-5H2,1H3,(H,12,13,14). The molecule has 0 amide bonds. The van der Waals surface area contributed by atoms with E-state index < -0.39 is 10.4 Å². The quantitative estimate of drug-likeness (QED) is 0.649. The minimum Gasteiger partial charge on any atom is -0.504 e. The zero-order valence-electron chi connectivity index (χ0n) is 8.67. The summed E-state index contributed by atoms with van der Waals surface area (Å²) in [6.45, 7) is 0.734. The minimum atomic E-state index is -4.60. The Bertz CT molecular complexity index is 457. The fraction of sp³-hybridized carbons (Fsp3) is 0.333. The maximum atomic E-state index is 10.4. The highest BCUT2D eigenvalue weighted by molar-refractivity contribution is 7.81. The van der Waals surface area contributed by atoms with E-state index in [0.717, 1.165) is 12.1 Å². The molecule has 0 fully saturated rings. The zero-order chi connectivity index (χ0) is 12.2.